The maximum absolute atomic E-state index is 6.82. The summed E-state index contributed by atoms with van der Waals surface area (Å²) in [7, 11) is 0. The molecule has 2 aromatic heterocycles. The topological polar surface area (TPSA) is 42.6 Å². The van der Waals surface area contributed by atoms with E-state index in [2.05, 4.69) is 218 Å². The first-order chi connectivity index (χ1) is 29.1. The van der Waals surface area contributed by atoms with E-state index in [4.69, 9.17) is 14.7 Å². The van der Waals surface area contributed by atoms with E-state index in [0.717, 1.165) is 50.3 Å². The fourth-order valence-corrected chi connectivity index (χ4v) is 9.53. The van der Waals surface area contributed by atoms with Gasteiger partial charge in [0.2, 0.25) is 0 Å². The summed E-state index contributed by atoms with van der Waals surface area (Å²) in [6.07, 6.45) is 1.91. The Bertz CT molecular complexity index is 2920. The van der Waals surface area contributed by atoms with Crippen molar-refractivity contribution in [2.75, 3.05) is 4.90 Å². The summed E-state index contributed by atoms with van der Waals surface area (Å²) in [6, 6.07) is 55.1. The van der Waals surface area contributed by atoms with Crippen LogP contribution in [0.1, 0.15) is 92.0 Å². The molecule has 0 aliphatic carbocycles. The summed E-state index contributed by atoms with van der Waals surface area (Å²) >= 11 is 0. The van der Waals surface area contributed by atoms with Crippen LogP contribution in [0.25, 0.3) is 27.6 Å². The third-order valence-electron chi connectivity index (χ3n) is 12.9. The van der Waals surface area contributed by atoms with E-state index in [1.807, 2.05) is 12.3 Å². The van der Waals surface area contributed by atoms with E-state index in [-0.39, 0.29) is 32.4 Å². The van der Waals surface area contributed by atoms with Gasteiger partial charge in [0.1, 0.15) is 5.82 Å². The molecule has 6 aromatic carbocycles. The number of pyridine rings is 1. The van der Waals surface area contributed by atoms with E-state index >= 15 is 0 Å². The van der Waals surface area contributed by atoms with Crippen LogP contribution in [0.15, 0.2) is 145 Å². The Balaban J connectivity index is 0.00000529. The molecule has 62 heavy (non-hydrogen) atoms. The molecule has 3 heterocycles. The van der Waals surface area contributed by atoms with Crippen molar-refractivity contribution in [3.63, 3.8) is 0 Å². The second-order valence-electron chi connectivity index (χ2n) is 18.6. The summed E-state index contributed by atoms with van der Waals surface area (Å²) < 4.78 is 9.03. The quantitative estimate of drug-likeness (QED) is 0.143. The van der Waals surface area contributed by atoms with Crippen molar-refractivity contribution in [1.29, 1.82) is 0 Å². The van der Waals surface area contributed by atoms with E-state index < -0.39 is 11.1 Å². The van der Waals surface area contributed by atoms with E-state index in [1.165, 1.54) is 33.4 Å². The molecule has 5 nitrogen and oxygen atoms in total. The molecule has 0 fully saturated rings. The van der Waals surface area contributed by atoms with Gasteiger partial charge in [-0.3, -0.25) is 0 Å². The average molecular weight is 994 g/mol. The summed E-state index contributed by atoms with van der Waals surface area (Å²) in [5.41, 5.74) is 11.2. The number of rotatable bonds is 8. The molecule has 0 unspecified atom stereocenters. The largest absolute Gasteiger partial charge is 2.00 e. The first-order valence-electron chi connectivity index (χ1n) is 21.4. The molecule has 9 rings (SSSR count). The SMILES string of the molecule is Cc1cc(Oc2[c-]c3c(cc2)c2cc(C)ccc2n3-c2cc(C(C)(C)C)ccn2)[c-]c(C2=NC(C)(C)[C@](C)(C(c3ccccc3)c3ccccc3)N2c2c(C)cccc2C)c1.[Pt+2]. The molecule has 1 aliphatic rings. The smallest absolute Gasteiger partial charge is 0.503 e. The van der Waals surface area contributed by atoms with Gasteiger partial charge in [0.15, 0.2) is 0 Å². The van der Waals surface area contributed by atoms with Crippen molar-refractivity contribution in [3.05, 3.63) is 196 Å². The van der Waals surface area contributed by atoms with Gasteiger partial charge >= 0.3 is 21.1 Å². The van der Waals surface area contributed by atoms with E-state index in [9.17, 15) is 0 Å². The van der Waals surface area contributed by atoms with Gasteiger partial charge in [-0.1, -0.05) is 142 Å². The second kappa shape index (κ2) is 16.2. The van der Waals surface area contributed by atoms with Crippen LogP contribution in [0, 0.1) is 39.8 Å². The van der Waals surface area contributed by atoms with Gasteiger partial charge < -0.3 is 19.2 Å². The number of aliphatic imine (C=N–C) groups is 1. The zero-order valence-electron chi connectivity index (χ0n) is 37.4. The normalized spacial score (nSPS) is 16.2. The Labute approximate surface area is 381 Å². The summed E-state index contributed by atoms with van der Waals surface area (Å²) in [5, 5.41) is 2.26. The molecule has 0 saturated heterocycles. The first-order valence-corrected chi connectivity index (χ1v) is 21.4. The number of anilines is 1. The van der Waals surface area contributed by atoms with Gasteiger partial charge in [0.25, 0.3) is 0 Å². The third-order valence-corrected chi connectivity index (χ3v) is 12.9. The summed E-state index contributed by atoms with van der Waals surface area (Å²) in [5.74, 6) is 2.91. The van der Waals surface area contributed by atoms with Crippen molar-refractivity contribution in [1.82, 2.24) is 9.55 Å². The van der Waals surface area contributed by atoms with Crippen molar-refractivity contribution in [3.8, 4) is 17.3 Å². The number of hydrogen-bond acceptors (Lipinski definition) is 4. The Morgan fingerprint density at radius 2 is 1.31 bits per heavy atom. The van der Waals surface area contributed by atoms with E-state index in [1.54, 1.807) is 0 Å². The van der Waals surface area contributed by atoms with Gasteiger partial charge in [-0.15, -0.1) is 34.7 Å². The van der Waals surface area contributed by atoms with Crippen LogP contribution in [-0.4, -0.2) is 26.5 Å². The molecule has 6 heteroatoms. The van der Waals surface area contributed by atoms with Gasteiger partial charge in [-0.25, -0.2) is 4.98 Å². The second-order valence-corrected chi connectivity index (χ2v) is 18.6. The van der Waals surface area contributed by atoms with Crippen molar-refractivity contribution in [2.24, 2.45) is 4.99 Å². The fraction of sp³-hybridized carbons (Fsp3) is 0.250. The fourth-order valence-electron chi connectivity index (χ4n) is 9.53. The van der Waals surface area contributed by atoms with Crippen LogP contribution in [0.2, 0.25) is 0 Å². The third kappa shape index (κ3) is 7.39. The average Bonchev–Trinajstić information content (AvgIpc) is 3.65. The number of ether oxygens (including phenoxy) is 1. The maximum Gasteiger partial charge on any atom is 2.00 e. The Kier molecular flexibility index (Phi) is 11.2. The van der Waals surface area contributed by atoms with Crippen LogP contribution in [0.5, 0.6) is 11.5 Å². The van der Waals surface area contributed by atoms with Crippen LogP contribution in [-0.2, 0) is 26.5 Å². The molecule has 1 aliphatic heterocycles. The van der Waals surface area contributed by atoms with Crippen LogP contribution in [0.4, 0.5) is 5.69 Å². The molecule has 8 aromatic rings. The Morgan fingerprint density at radius 3 is 1.95 bits per heavy atom. The van der Waals surface area contributed by atoms with Gasteiger partial charge in [-0.2, -0.15) is 6.07 Å². The van der Waals surface area contributed by atoms with Gasteiger partial charge in [0, 0.05) is 34.8 Å². The van der Waals surface area contributed by atoms with Crippen LogP contribution < -0.4 is 9.64 Å². The molecule has 0 N–H and O–H groups in total. The first kappa shape index (κ1) is 42.9. The van der Waals surface area contributed by atoms with Crippen molar-refractivity contribution >= 4 is 33.3 Å². The minimum Gasteiger partial charge on any atom is -0.503 e. The predicted octanol–water partition coefficient (Wildman–Crippen LogP) is 13.7. The zero-order valence-corrected chi connectivity index (χ0v) is 39.6. The summed E-state index contributed by atoms with van der Waals surface area (Å²) in [4.78, 5) is 13.1. The molecule has 0 bridgehead atoms. The van der Waals surface area contributed by atoms with Crippen molar-refractivity contribution in [2.45, 2.75) is 91.6 Å². The van der Waals surface area contributed by atoms with E-state index in [0.29, 0.717) is 11.5 Å². The molecule has 0 amide bonds. The number of nitrogens with zero attached hydrogens (tertiary/aromatic N) is 4. The van der Waals surface area contributed by atoms with Crippen molar-refractivity contribution < 1.29 is 25.8 Å². The molecule has 314 valence electrons. The summed E-state index contributed by atoms with van der Waals surface area (Å²) in [6.45, 7) is 22.3. The van der Waals surface area contributed by atoms with Gasteiger partial charge in [0.05, 0.1) is 16.9 Å². The number of benzene rings is 6. The minimum absolute atomic E-state index is 0. The Morgan fingerprint density at radius 1 is 0.645 bits per heavy atom. The predicted molar refractivity (Wildman–Crippen MR) is 253 cm³/mol. The zero-order chi connectivity index (χ0) is 42.8. The Hall–Kier alpha value is -5.77. The number of aromatic nitrogens is 2. The number of para-hydroxylation sites is 1. The molecule has 0 saturated carbocycles. The standard InChI is InChI=1S/C56H54N4O.Pt/c1-36-24-27-48-47(32-36)46-26-25-44(35-49(46)59(48)50-34-43(28-29-57-50)54(5,6)7)61-45-31-37(2)30-42(33-45)53-58-55(8,9)56(10,60(53)52-38(3)18-17-19-39(52)4)51(40-20-13-11-14-21-40)41-22-15-12-16-23-41;/h11-32,34,51H,1-10H3;/q-2;+2/t56-;/m0./s1. The molecule has 0 radical (unpaired) electrons. The minimum atomic E-state index is -0.552. The van der Waals surface area contributed by atoms with Crippen LogP contribution in [0.3, 0.4) is 0 Å². The molecule has 0 spiro atoms. The molecular weight excluding hydrogens is 940 g/mol. The number of amidine groups is 1. The van der Waals surface area contributed by atoms with Gasteiger partial charge in [-0.05, 0) is 98.4 Å². The monoisotopic (exact) mass is 993 g/mol. The number of hydrogen-bond donors (Lipinski definition) is 0. The molecular formula is C56H54N4OPt. The molecule has 1 atom stereocenters. The van der Waals surface area contributed by atoms with Crippen LogP contribution >= 0.6 is 0 Å². The number of aryl methyl sites for hydroxylation is 4. The maximum atomic E-state index is 6.82. The number of fused-ring (bicyclic) bond motifs is 3.